The van der Waals surface area contributed by atoms with E-state index < -0.39 is 0 Å². The second kappa shape index (κ2) is 8.86. The summed E-state index contributed by atoms with van der Waals surface area (Å²) in [7, 11) is 0. The van der Waals surface area contributed by atoms with Crippen LogP contribution in [0.2, 0.25) is 0 Å². The van der Waals surface area contributed by atoms with Crippen molar-refractivity contribution in [3.05, 3.63) is 77.9 Å². The minimum atomic E-state index is -0.162. The molecule has 1 N–H and O–H groups in total. The number of hydrogen-bond donors (Lipinski definition) is 1. The number of rotatable bonds is 4. The van der Waals surface area contributed by atoms with Gasteiger partial charge in [-0.2, -0.15) is 0 Å². The fourth-order valence-electron chi connectivity index (χ4n) is 3.67. The van der Waals surface area contributed by atoms with Crippen LogP contribution < -0.4 is 10.2 Å². The number of amides is 2. The summed E-state index contributed by atoms with van der Waals surface area (Å²) < 4.78 is 5.21. The van der Waals surface area contributed by atoms with Gasteiger partial charge in [-0.25, -0.2) is 4.98 Å². The Morgan fingerprint density at radius 2 is 1.69 bits per heavy atom. The van der Waals surface area contributed by atoms with Gasteiger partial charge < -0.3 is 19.5 Å². The lowest BCUT2D eigenvalue weighted by molar-refractivity contribution is 0.0714. The molecule has 2 aromatic heterocycles. The normalized spacial score (nSPS) is 14.3. The molecule has 7 nitrogen and oxygen atoms in total. The number of benzene rings is 1. The van der Waals surface area contributed by atoms with Crippen LogP contribution in [-0.4, -0.2) is 47.9 Å². The van der Waals surface area contributed by atoms with Crippen LogP contribution in [0, 0.1) is 0 Å². The maximum atomic E-state index is 12.6. The van der Waals surface area contributed by atoms with Crippen molar-refractivity contribution in [2.45, 2.75) is 26.2 Å². The highest BCUT2D eigenvalue weighted by molar-refractivity contribution is 6.04. The summed E-state index contributed by atoms with van der Waals surface area (Å²) in [5.74, 6) is 0.939. The molecular formula is C25H28N4O3. The average Bonchev–Trinajstić information content (AvgIpc) is 3.34. The summed E-state index contributed by atoms with van der Waals surface area (Å²) in [6, 6.07) is 14.8. The van der Waals surface area contributed by atoms with Crippen LogP contribution >= 0.6 is 0 Å². The molecule has 0 spiro atoms. The molecule has 1 saturated heterocycles. The number of carbonyl (C=O) groups is 2. The average molecular weight is 433 g/mol. The van der Waals surface area contributed by atoms with E-state index in [-0.39, 0.29) is 17.2 Å². The SMILES string of the molecule is CC(C)(C)c1ccc(C(=O)Nc2ccc(N3CCN(C(=O)c4ccco4)CC3)nc2)cc1. The summed E-state index contributed by atoms with van der Waals surface area (Å²) in [5, 5.41) is 2.90. The summed E-state index contributed by atoms with van der Waals surface area (Å²) in [6.07, 6.45) is 3.17. The highest BCUT2D eigenvalue weighted by Crippen LogP contribution is 2.23. The van der Waals surface area contributed by atoms with E-state index in [9.17, 15) is 9.59 Å². The van der Waals surface area contributed by atoms with E-state index >= 15 is 0 Å². The smallest absolute Gasteiger partial charge is 0.289 e. The van der Waals surface area contributed by atoms with Gasteiger partial charge in [0.15, 0.2) is 5.76 Å². The van der Waals surface area contributed by atoms with E-state index in [1.165, 1.54) is 11.8 Å². The lowest BCUT2D eigenvalue weighted by Crippen LogP contribution is -2.49. The molecule has 0 aliphatic carbocycles. The first kappa shape index (κ1) is 21.6. The molecule has 0 saturated carbocycles. The molecule has 0 radical (unpaired) electrons. The predicted octanol–water partition coefficient (Wildman–Crippen LogP) is 4.19. The van der Waals surface area contributed by atoms with Gasteiger partial charge in [-0.3, -0.25) is 9.59 Å². The molecule has 1 aromatic carbocycles. The van der Waals surface area contributed by atoms with Gasteiger partial charge in [-0.1, -0.05) is 32.9 Å². The van der Waals surface area contributed by atoms with Crippen molar-refractivity contribution in [2.75, 3.05) is 36.4 Å². The second-order valence-electron chi connectivity index (χ2n) is 8.94. The minimum absolute atomic E-state index is 0.0479. The number of carbonyl (C=O) groups excluding carboxylic acids is 2. The fourth-order valence-corrected chi connectivity index (χ4v) is 3.67. The van der Waals surface area contributed by atoms with E-state index in [2.05, 4.69) is 36.0 Å². The first-order valence-electron chi connectivity index (χ1n) is 10.8. The molecule has 3 heterocycles. The van der Waals surface area contributed by atoms with Crippen molar-refractivity contribution in [1.29, 1.82) is 0 Å². The van der Waals surface area contributed by atoms with Crippen LogP contribution in [0.1, 0.15) is 47.2 Å². The summed E-state index contributed by atoms with van der Waals surface area (Å²) in [5.41, 5.74) is 2.49. The second-order valence-corrected chi connectivity index (χ2v) is 8.94. The minimum Gasteiger partial charge on any atom is -0.459 e. The zero-order valence-electron chi connectivity index (χ0n) is 18.7. The summed E-state index contributed by atoms with van der Waals surface area (Å²) in [4.78, 5) is 33.4. The van der Waals surface area contributed by atoms with E-state index in [1.807, 2.05) is 36.4 Å². The Hall–Kier alpha value is -3.61. The Balaban J connectivity index is 1.32. The van der Waals surface area contributed by atoms with Crippen molar-refractivity contribution in [2.24, 2.45) is 0 Å². The predicted molar refractivity (Wildman–Crippen MR) is 124 cm³/mol. The number of anilines is 2. The van der Waals surface area contributed by atoms with Gasteiger partial charge in [0.25, 0.3) is 11.8 Å². The third-order valence-corrected chi connectivity index (χ3v) is 5.64. The quantitative estimate of drug-likeness (QED) is 0.669. The number of nitrogens with one attached hydrogen (secondary N) is 1. The fraction of sp³-hybridized carbons (Fsp3) is 0.320. The van der Waals surface area contributed by atoms with E-state index in [1.54, 1.807) is 23.2 Å². The number of hydrogen-bond acceptors (Lipinski definition) is 5. The Morgan fingerprint density at radius 3 is 2.25 bits per heavy atom. The summed E-state index contributed by atoms with van der Waals surface area (Å²) >= 11 is 0. The molecule has 0 unspecified atom stereocenters. The van der Waals surface area contributed by atoms with Crippen molar-refractivity contribution >= 4 is 23.3 Å². The molecule has 0 atom stereocenters. The van der Waals surface area contributed by atoms with Gasteiger partial charge in [-0.05, 0) is 47.4 Å². The highest BCUT2D eigenvalue weighted by Gasteiger charge is 2.24. The van der Waals surface area contributed by atoms with Gasteiger partial charge in [-0.15, -0.1) is 0 Å². The third-order valence-electron chi connectivity index (χ3n) is 5.64. The molecule has 4 rings (SSSR count). The van der Waals surface area contributed by atoms with E-state index in [0.29, 0.717) is 43.2 Å². The number of piperazine rings is 1. The van der Waals surface area contributed by atoms with Gasteiger partial charge >= 0.3 is 0 Å². The molecule has 1 aliphatic heterocycles. The number of pyridine rings is 1. The van der Waals surface area contributed by atoms with Gasteiger partial charge in [0, 0.05) is 31.7 Å². The lowest BCUT2D eigenvalue weighted by atomic mass is 9.87. The topological polar surface area (TPSA) is 78.7 Å². The van der Waals surface area contributed by atoms with Crippen LogP contribution in [0.5, 0.6) is 0 Å². The molecule has 1 fully saturated rings. The van der Waals surface area contributed by atoms with Crippen LogP contribution in [0.25, 0.3) is 0 Å². The van der Waals surface area contributed by atoms with Crippen LogP contribution in [0.3, 0.4) is 0 Å². The van der Waals surface area contributed by atoms with Crippen molar-refractivity contribution in [1.82, 2.24) is 9.88 Å². The maximum Gasteiger partial charge on any atom is 0.289 e. The Morgan fingerprint density at radius 1 is 0.969 bits per heavy atom. The largest absolute Gasteiger partial charge is 0.459 e. The zero-order valence-corrected chi connectivity index (χ0v) is 18.7. The highest BCUT2D eigenvalue weighted by atomic mass is 16.3. The van der Waals surface area contributed by atoms with Crippen molar-refractivity contribution in [3.63, 3.8) is 0 Å². The molecule has 2 amide bonds. The zero-order chi connectivity index (χ0) is 22.7. The van der Waals surface area contributed by atoms with Crippen LogP contribution in [0.15, 0.2) is 65.4 Å². The molecular weight excluding hydrogens is 404 g/mol. The van der Waals surface area contributed by atoms with Crippen molar-refractivity contribution < 1.29 is 14.0 Å². The van der Waals surface area contributed by atoms with Gasteiger partial charge in [0.1, 0.15) is 5.82 Å². The molecule has 7 heteroatoms. The molecule has 0 bridgehead atoms. The van der Waals surface area contributed by atoms with Crippen LogP contribution in [-0.2, 0) is 5.41 Å². The first-order valence-corrected chi connectivity index (χ1v) is 10.8. The Bertz CT molecular complexity index is 1060. The van der Waals surface area contributed by atoms with E-state index in [0.717, 1.165) is 5.82 Å². The Kier molecular flexibility index (Phi) is 5.99. The summed E-state index contributed by atoms with van der Waals surface area (Å²) in [6.45, 7) is 9.01. The molecule has 32 heavy (non-hydrogen) atoms. The maximum absolute atomic E-state index is 12.6. The van der Waals surface area contributed by atoms with Crippen LogP contribution in [0.4, 0.5) is 11.5 Å². The molecule has 166 valence electrons. The number of nitrogens with zero attached hydrogens (tertiary/aromatic N) is 3. The van der Waals surface area contributed by atoms with Gasteiger partial charge in [0.05, 0.1) is 18.1 Å². The van der Waals surface area contributed by atoms with Crippen molar-refractivity contribution in [3.8, 4) is 0 Å². The monoisotopic (exact) mass is 432 g/mol. The number of furan rings is 1. The first-order chi connectivity index (χ1) is 15.3. The van der Waals surface area contributed by atoms with E-state index in [4.69, 9.17) is 4.42 Å². The number of aromatic nitrogens is 1. The standard InChI is InChI=1S/C25H28N4O3/c1-25(2,3)19-8-6-18(7-9-19)23(30)27-20-10-11-22(26-17-20)28-12-14-29(15-13-28)24(31)21-5-4-16-32-21/h4-11,16-17H,12-15H2,1-3H3,(H,27,30). The third kappa shape index (κ3) is 4.82. The van der Waals surface area contributed by atoms with Gasteiger partial charge in [0.2, 0.25) is 0 Å². The lowest BCUT2D eigenvalue weighted by Gasteiger charge is -2.35. The Labute approximate surface area is 188 Å². The molecule has 1 aliphatic rings. The molecule has 3 aromatic rings.